The number of anilines is 1. The van der Waals surface area contributed by atoms with Gasteiger partial charge in [0, 0.05) is 24.5 Å². The standard InChI is InChI=1S/C14H20N4.C11H16/c1-6-13(10(3)15)12-7-9(2)14(17-8-12)18-11(4)16-5;1-3-10(2)9-11-7-5-4-6-8-11/h6-8,15H,1-5H3,(H,16,17,18);4-8,10H,3,9H2,1-2H3/b13-6-,15-10?;. The van der Waals surface area contributed by atoms with Gasteiger partial charge in [0.2, 0.25) is 0 Å². The molecule has 1 aromatic carbocycles. The summed E-state index contributed by atoms with van der Waals surface area (Å²) in [6, 6.07) is 12.7. The van der Waals surface area contributed by atoms with Crippen LogP contribution in [0.1, 0.15) is 57.7 Å². The second kappa shape index (κ2) is 12.7. The molecule has 1 atom stereocenters. The average Bonchev–Trinajstić information content (AvgIpc) is 2.71. The van der Waals surface area contributed by atoms with Crippen molar-refractivity contribution in [2.75, 3.05) is 12.4 Å². The second-order valence-electron chi connectivity index (χ2n) is 7.35. The Balaban J connectivity index is 0.000000326. The maximum Gasteiger partial charge on any atom is 0.134 e. The van der Waals surface area contributed by atoms with E-state index in [4.69, 9.17) is 5.41 Å². The van der Waals surface area contributed by atoms with Gasteiger partial charge < -0.3 is 10.7 Å². The number of aromatic nitrogens is 1. The van der Waals surface area contributed by atoms with Gasteiger partial charge in [0.1, 0.15) is 5.82 Å². The van der Waals surface area contributed by atoms with Gasteiger partial charge in [0.05, 0.1) is 5.84 Å². The molecule has 0 aliphatic heterocycles. The summed E-state index contributed by atoms with van der Waals surface area (Å²) >= 11 is 0. The summed E-state index contributed by atoms with van der Waals surface area (Å²) in [5, 5.41) is 10.9. The lowest BCUT2D eigenvalue weighted by atomic mass is 9.99. The highest BCUT2D eigenvalue weighted by Crippen LogP contribution is 2.20. The number of benzene rings is 1. The quantitative estimate of drug-likeness (QED) is 0.431. The topological polar surface area (TPSA) is 61.1 Å². The molecular formula is C25H36N4. The number of amidine groups is 1. The Morgan fingerprint density at radius 3 is 2.38 bits per heavy atom. The van der Waals surface area contributed by atoms with E-state index in [0.717, 1.165) is 34.3 Å². The molecule has 0 radical (unpaired) electrons. The Hall–Kier alpha value is -2.75. The van der Waals surface area contributed by atoms with Crippen molar-refractivity contribution in [2.45, 2.75) is 54.4 Å². The third-order valence-corrected chi connectivity index (χ3v) is 4.84. The Bertz CT molecular complexity index is 835. The van der Waals surface area contributed by atoms with Crippen molar-refractivity contribution >= 4 is 22.9 Å². The minimum Gasteiger partial charge on any atom is -0.329 e. The van der Waals surface area contributed by atoms with Crippen LogP contribution in [0, 0.1) is 18.3 Å². The maximum atomic E-state index is 7.73. The van der Waals surface area contributed by atoms with Gasteiger partial charge in [-0.3, -0.25) is 4.99 Å². The van der Waals surface area contributed by atoms with Crippen LogP contribution in [-0.4, -0.2) is 23.6 Å². The molecule has 0 amide bonds. The summed E-state index contributed by atoms with van der Waals surface area (Å²) in [5.41, 5.74) is 4.93. The first kappa shape index (κ1) is 24.3. The first-order valence-electron chi connectivity index (χ1n) is 10.2. The van der Waals surface area contributed by atoms with Gasteiger partial charge in [-0.05, 0) is 62.8 Å². The molecule has 4 nitrogen and oxygen atoms in total. The summed E-state index contributed by atoms with van der Waals surface area (Å²) in [5.74, 6) is 2.45. The molecule has 2 rings (SSSR count). The SMILES string of the molecule is C/C=C(/C(C)=N)c1cnc(NC(C)=NC)c(C)c1.CCC(C)Cc1ccccc1. The predicted molar refractivity (Wildman–Crippen MR) is 128 cm³/mol. The molecule has 0 spiro atoms. The molecule has 0 fully saturated rings. The van der Waals surface area contributed by atoms with E-state index >= 15 is 0 Å². The van der Waals surface area contributed by atoms with E-state index in [0.29, 0.717) is 5.71 Å². The Morgan fingerprint density at radius 1 is 1.24 bits per heavy atom. The highest BCUT2D eigenvalue weighted by molar-refractivity contribution is 6.21. The average molecular weight is 393 g/mol. The smallest absolute Gasteiger partial charge is 0.134 e. The third kappa shape index (κ3) is 8.43. The van der Waals surface area contributed by atoms with Gasteiger partial charge in [-0.2, -0.15) is 0 Å². The Kier molecular flexibility index (Phi) is 10.6. The summed E-state index contributed by atoms with van der Waals surface area (Å²) < 4.78 is 0. The lowest BCUT2D eigenvalue weighted by molar-refractivity contribution is 0.560. The summed E-state index contributed by atoms with van der Waals surface area (Å²) in [4.78, 5) is 8.43. The molecule has 1 unspecified atom stereocenters. The van der Waals surface area contributed by atoms with E-state index < -0.39 is 0 Å². The van der Waals surface area contributed by atoms with E-state index in [9.17, 15) is 0 Å². The Morgan fingerprint density at radius 2 is 1.90 bits per heavy atom. The molecule has 29 heavy (non-hydrogen) atoms. The van der Waals surface area contributed by atoms with Crippen LogP contribution in [0.15, 0.2) is 53.7 Å². The van der Waals surface area contributed by atoms with E-state index in [2.05, 4.69) is 59.5 Å². The number of hydrogen-bond acceptors (Lipinski definition) is 3. The van der Waals surface area contributed by atoms with E-state index in [-0.39, 0.29) is 0 Å². The largest absolute Gasteiger partial charge is 0.329 e. The van der Waals surface area contributed by atoms with Gasteiger partial charge in [-0.15, -0.1) is 0 Å². The summed E-state index contributed by atoms with van der Waals surface area (Å²) in [7, 11) is 1.74. The van der Waals surface area contributed by atoms with Crippen molar-refractivity contribution in [1.29, 1.82) is 5.41 Å². The molecule has 1 heterocycles. The van der Waals surface area contributed by atoms with Gasteiger partial charge in [-0.25, -0.2) is 4.98 Å². The van der Waals surface area contributed by atoms with Crippen LogP contribution in [0.3, 0.4) is 0 Å². The molecule has 1 aromatic heterocycles. The number of nitrogens with one attached hydrogen (secondary N) is 2. The highest BCUT2D eigenvalue weighted by Gasteiger charge is 2.07. The van der Waals surface area contributed by atoms with E-state index in [1.165, 1.54) is 18.4 Å². The second-order valence-corrected chi connectivity index (χ2v) is 7.35. The molecule has 0 saturated heterocycles. The van der Waals surface area contributed by atoms with Crippen LogP contribution >= 0.6 is 0 Å². The van der Waals surface area contributed by atoms with Crippen LogP contribution in [0.2, 0.25) is 0 Å². The van der Waals surface area contributed by atoms with Crippen molar-refractivity contribution in [3.63, 3.8) is 0 Å². The van der Waals surface area contributed by atoms with Crippen molar-refractivity contribution in [3.05, 3.63) is 65.4 Å². The number of aliphatic imine (C=N–C) groups is 1. The fraction of sp³-hybridized carbons (Fsp3) is 0.400. The normalized spacial score (nSPS) is 12.7. The molecule has 2 aromatic rings. The van der Waals surface area contributed by atoms with Crippen molar-refractivity contribution in [3.8, 4) is 0 Å². The molecular weight excluding hydrogens is 356 g/mol. The highest BCUT2D eigenvalue weighted by atomic mass is 15.0. The fourth-order valence-corrected chi connectivity index (χ4v) is 2.84. The van der Waals surface area contributed by atoms with E-state index in [1.54, 1.807) is 20.2 Å². The first-order valence-corrected chi connectivity index (χ1v) is 10.2. The van der Waals surface area contributed by atoms with E-state index in [1.807, 2.05) is 32.9 Å². The van der Waals surface area contributed by atoms with Crippen LogP contribution in [0.25, 0.3) is 5.57 Å². The van der Waals surface area contributed by atoms with Crippen molar-refractivity contribution < 1.29 is 0 Å². The molecule has 0 aliphatic carbocycles. The minimum absolute atomic E-state index is 0.547. The van der Waals surface area contributed by atoms with Gasteiger partial charge in [-0.1, -0.05) is 56.7 Å². The number of pyridine rings is 1. The number of allylic oxidation sites excluding steroid dienone is 2. The molecule has 156 valence electrons. The summed E-state index contributed by atoms with van der Waals surface area (Å²) in [6.45, 7) is 12.1. The van der Waals surface area contributed by atoms with Crippen molar-refractivity contribution in [2.24, 2.45) is 10.9 Å². The monoisotopic (exact) mass is 392 g/mol. The van der Waals surface area contributed by atoms with Crippen LogP contribution in [0.4, 0.5) is 5.82 Å². The predicted octanol–water partition coefficient (Wildman–Crippen LogP) is 6.57. The molecule has 2 N–H and O–H groups in total. The Labute approximate surface area is 176 Å². The van der Waals surface area contributed by atoms with Crippen LogP contribution in [-0.2, 0) is 6.42 Å². The fourth-order valence-electron chi connectivity index (χ4n) is 2.84. The lowest BCUT2D eigenvalue weighted by Gasteiger charge is -2.11. The van der Waals surface area contributed by atoms with Gasteiger partial charge in [0.25, 0.3) is 0 Å². The number of rotatable bonds is 6. The maximum absolute atomic E-state index is 7.73. The zero-order chi connectivity index (χ0) is 21.8. The molecule has 0 saturated carbocycles. The van der Waals surface area contributed by atoms with Crippen molar-refractivity contribution in [1.82, 2.24) is 4.98 Å². The lowest BCUT2D eigenvalue weighted by Crippen LogP contribution is -2.10. The first-order chi connectivity index (χ1) is 13.8. The molecule has 0 bridgehead atoms. The van der Waals surface area contributed by atoms with Gasteiger partial charge in [0.15, 0.2) is 0 Å². The number of nitrogens with zero attached hydrogens (tertiary/aromatic N) is 2. The number of hydrogen-bond donors (Lipinski definition) is 2. The zero-order valence-corrected chi connectivity index (χ0v) is 19.0. The third-order valence-electron chi connectivity index (χ3n) is 4.84. The minimum atomic E-state index is 0.547. The number of aryl methyl sites for hydroxylation is 1. The zero-order valence-electron chi connectivity index (χ0n) is 19.0. The summed E-state index contributed by atoms with van der Waals surface area (Å²) in [6.07, 6.45) is 6.21. The molecule has 0 aliphatic rings. The molecule has 4 heteroatoms. The van der Waals surface area contributed by atoms with Crippen LogP contribution < -0.4 is 5.32 Å². The van der Waals surface area contributed by atoms with Gasteiger partial charge >= 0.3 is 0 Å². The van der Waals surface area contributed by atoms with Crippen LogP contribution in [0.5, 0.6) is 0 Å².